The zero-order valence-electron chi connectivity index (χ0n) is 52.2. The van der Waals surface area contributed by atoms with E-state index in [1.165, 1.54) is 283 Å². The lowest BCUT2D eigenvalue weighted by Crippen LogP contribution is -2.45. The number of aliphatic hydroxyl groups excluding tert-OH is 1. The van der Waals surface area contributed by atoms with Crippen LogP contribution in [0.4, 0.5) is 0 Å². The summed E-state index contributed by atoms with van der Waals surface area (Å²) in [4.78, 5) is 25.5. The predicted octanol–water partition coefficient (Wildman–Crippen LogP) is 20.6. The van der Waals surface area contributed by atoms with Gasteiger partial charge in [-0.25, -0.2) is 0 Å². The van der Waals surface area contributed by atoms with E-state index in [1.807, 2.05) is 27.2 Å². The normalized spacial score (nSPS) is 13.9. The molecule has 77 heavy (non-hydrogen) atoms. The van der Waals surface area contributed by atoms with Crippen molar-refractivity contribution in [3.63, 3.8) is 0 Å². The molecule has 0 spiro atoms. The smallest absolute Gasteiger partial charge is 0.268 e. The second kappa shape index (κ2) is 59.3. The van der Waals surface area contributed by atoms with Gasteiger partial charge in [0, 0.05) is 6.42 Å². The predicted molar refractivity (Wildman–Crippen MR) is 335 cm³/mol. The Labute approximate surface area is 480 Å². The van der Waals surface area contributed by atoms with Gasteiger partial charge in [-0.3, -0.25) is 9.36 Å². The van der Waals surface area contributed by atoms with Crippen LogP contribution in [0.25, 0.3) is 0 Å². The van der Waals surface area contributed by atoms with E-state index in [4.69, 9.17) is 9.05 Å². The maximum atomic E-state index is 13.0. The Morgan fingerprint density at radius 3 is 1.05 bits per heavy atom. The van der Waals surface area contributed by atoms with Crippen molar-refractivity contribution in [3.8, 4) is 0 Å². The zero-order valence-corrected chi connectivity index (χ0v) is 53.1. The van der Waals surface area contributed by atoms with Gasteiger partial charge < -0.3 is 28.8 Å². The minimum absolute atomic E-state index is 0.00438. The Morgan fingerprint density at radius 2 is 0.727 bits per heavy atom. The summed E-state index contributed by atoms with van der Waals surface area (Å²) in [5, 5.41) is 13.9. The molecule has 456 valence electrons. The molecular formula is C68H133N2O6P. The van der Waals surface area contributed by atoms with Crippen molar-refractivity contribution in [2.75, 3.05) is 40.9 Å². The zero-order chi connectivity index (χ0) is 56.3. The maximum Gasteiger partial charge on any atom is 0.268 e. The number of hydrogen-bond donors (Lipinski definition) is 2. The first-order chi connectivity index (χ1) is 37.5. The Morgan fingerprint density at radius 1 is 0.442 bits per heavy atom. The summed E-state index contributed by atoms with van der Waals surface area (Å²) in [6, 6.07) is -0.901. The maximum absolute atomic E-state index is 13.0. The number of phosphoric ester groups is 1. The van der Waals surface area contributed by atoms with Crippen LogP contribution >= 0.6 is 7.82 Å². The molecule has 0 aliphatic carbocycles. The topological polar surface area (TPSA) is 108 Å². The number of unbranched alkanes of at least 4 members (excludes halogenated alkanes) is 46. The molecule has 3 atom stereocenters. The van der Waals surface area contributed by atoms with Crippen molar-refractivity contribution >= 4 is 13.7 Å². The van der Waals surface area contributed by atoms with Crippen LogP contribution in [-0.2, 0) is 18.4 Å². The van der Waals surface area contributed by atoms with Gasteiger partial charge in [0.2, 0.25) is 5.91 Å². The molecule has 2 N–H and O–H groups in total. The van der Waals surface area contributed by atoms with Gasteiger partial charge in [-0.1, -0.05) is 314 Å². The van der Waals surface area contributed by atoms with Crippen molar-refractivity contribution in [1.29, 1.82) is 0 Å². The number of hydrogen-bond acceptors (Lipinski definition) is 6. The fraction of sp³-hybridized carbons (Fsp3) is 0.897. The molecular weight excluding hydrogens is 972 g/mol. The van der Waals surface area contributed by atoms with E-state index >= 15 is 0 Å². The molecule has 0 bridgehead atoms. The summed E-state index contributed by atoms with van der Waals surface area (Å²) in [5.41, 5.74) is 0. The summed E-state index contributed by atoms with van der Waals surface area (Å²) in [6.07, 6.45) is 78.6. The fourth-order valence-corrected chi connectivity index (χ4v) is 11.0. The largest absolute Gasteiger partial charge is 0.756 e. The number of carbonyl (C=O) groups excluding carboxylic acids is 1. The molecule has 0 aliphatic heterocycles. The van der Waals surface area contributed by atoms with Gasteiger partial charge >= 0.3 is 0 Å². The third-order valence-corrected chi connectivity index (χ3v) is 16.5. The van der Waals surface area contributed by atoms with Crippen LogP contribution in [0.5, 0.6) is 0 Å². The van der Waals surface area contributed by atoms with E-state index in [0.29, 0.717) is 17.4 Å². The number of quaternary nitrogens is 1. The second-order valence-electron chi connectivity index (χ2n) is 24.5. The van der Waals surface area contributed by atoms with E-state index < -0.39 is 20.0 Å². The first-order valence-corrected chi connectivity index (χ1v) is 35.3. The van der Waals surface area contributed by atoms with Crippen LogP contribution in [0.3, 0.4) is 0 Å². The molecule has 9 heteroatoms. The minimum atomic E-state index is -4.60. The molecule has 8 nitrogen and oxygen atoms in total. The van der Waals surface area contributed by atoms with Crippen LogP contribution in [-0.4, -0.2) is 68.5 Å². The summed E-state index contributed by atoms with van der Waals surface area (Å²) in [6.45, 7) is 4.66. The molecule has 0 rings (SSSR count). The highest BCUT2D eigenvalue weighted by molar-refractivity contribution is 7.45. The highest BCUT2D eigenvalue weighted by Gasteiger charge is 2.23. The Kier molecular flexibility index (Phi) is 58.4. The first kappa shape index (κ1) is 75.7. The van der Waals surface area contributed by atoms with Crippen LogP contribution < -0.4 is 10.2 Å². The van der Waals surface area contributed by atoms with E-state index in [2.05, 4.69) is 43.5 Å². The van der Waals surface area contributed by atoms with Crippen LogP contribution in [0.15, 0.2) is 36.5 Å². The van der Waals surface area contributed by atoms with Crippen molar-refractivity contribution < 1.29 is 32.9 Å². The summed E-state index contributed by atoms with van der Waals surface area (Å²) < 4.78 is 23.4. The average Bonchev–Trinajstić information content (AvgIpc) is 3.39. The number of amides is 1. The van der Waals surface area contributed by atoms with E-state index in [9.17, 15) is 19.4 Å². The quantitative estimate of drug-likeness (QED) is 0.0272. The van der Waals surface area contributed by atoms with Crippen LogP contribution in [0, 0.1) is 0 Å². The lowest BCUT2D eigenvalue weighted by atomic mass is 10.0. The number of phosphoric acid groups is 1. The van der Waals surface area contributed by atoms with Gasteiger partial charge in [0.25, 0.3) is 7.82 Å². The Bertz CT molecular complexity index is 1350. The second-order valence-corrected chi connectivity index (χ2v) is 25.9. The minimum Gasteiger partial charge on any atom is -0.756 e. The van der Waals surface area contributed by atoms with Crippen LogP contribution in [0.1, 0.15) is 341 Å². The van der Waals surface area contributed by atoms with E-state index in [0.717, 1.165) is 38.5 Å². The SMILES string of the molecule is CCCCCCCCCC/C=C\CCCCCCCCCCCCCCCCCCCCCCCCCCCCCC(=O)NC(COP(=O)([O-])OCC[N+](C)(C)C)C(O)/C=C/CC/C=C/CCCCCCCCCCCC. The standard InChI is InChI=1S/C68H133N2O6P/c1-6-8-10-12-14-16-18-20-22-24-25-26-27-28-29-30-31-32-33-34-35-36-37-38-39-40-41-42-43-44-45-46-48-50-52-54-56-58-60-62-68(72)69-66(65-76-77(73,74)75-64-63-70(3,4)5)67(71)61-59-57-55-53-51-49-47-23-21-19-17-15-13-11-9-7-2/h24-25,51,53,59,61,66-67,71H,6-23,26-50,52,54-58,60,62-65H2,1-5H3,(H-,69,72,73,74)/b25-24-,53-51+,61-59+. The summed E-state index contributed by atoms with van der Waals surface area (Å²) >= 11 is 0. The third kappa shape index (κ3) is 62.2. The Hall–Kier alpha value is -1.28. The summed E-state index contributed by atoms with van der Waals surface area (Å²) in [7, 11) is 1.26. The third-order valence-electron chi connectivity index (χ3n) is 15.6. The van der Waals surface area contributed by atoms with Gasteiger partial charge in [-0.2, -0.15) is 0 Å². The average molecular weight is 1110 g/mol. The van der Waals surface area contributed by atoms with E-state index in [-0.39, 0.29) is 19.1 Å². The van der Waals surface area contributed by atoms with E-state index in [1.54, 1.807) is 6.08 Å². The highest BCUT2D eigenvalue weighted by Crippen LogP contribution is 2.38. The molecule has 3 unspecified atom stereocenters. The van der Waals surface area contributed by atoms with Gasteiger partial charge in [-0.15, -0.1) is 0 Å². The van der Waals surface area contributed by atoms with Gasteiger partial charge in [0.1, 0.15) is 13.2 Å². The van der Waals surface area contributed by atoms with Gasteiger partial charge in [0.05, 0.1) is 39.9 Å². The molecule has 0 aliphatic rings. The fourth-order valence-electron chi connectivity index (χ4n) is 10.3. The van der Waals surface area contributed by atoms with Crippen molar-refractivity contribution in [3.05, 3.63) is 36.5 Å². The highest BCUT2D eigenvalue weighted by atomic mass is 31.2. The number of rotatable bonds is 63. The van der Waals surface area contributed by atoms with Crippen molar-refractivity contribution in [2.24, 2.45) is 0 Å². The molecule has 1 amide bonds. The van der Waals surface area contributed by atoms with Gasteiger partial charge in [0.15, 0.2) is 0 Å². The lowest BCUT2D eigenvalue weighted by Gasteiger charge is -2.29. The number of carbonyl (C=O) groups is 1. The number of likely N-dealkylation sites (N-methyl/N-ethyl adjacent to an activating group) is 1. The molecule has 0 saturated carbocycles. The lowest BCUT2D eigenvalue weighted by molar-refractivity contribution is -0.870. The molecule has 0 heterocycles. The number of nitrogens with one attached hydrogen (secondary N) is 1. The number of aliphatic hydroxyl groups is 1. The monoisotopic (exact) mass is 1100 g/mol. The first-order valence-electron chi connectivity index (χ1n) is 33.9. The molecule has 0 aromatic rings. The number of allylic oxidation sites excluding steroid dienone is 5. The molecule has 0 aromatic carbocycles. The van der Waals surface area contributed by atoms with Gasteiger partial charge in [-0.05, 0) is 57.8 Å². The Balaban J connectivity index is 3.90. The number of nitrogens with zero attached hydrogens (tertiary/aromatic N) is 1. The summed E-state index contributed by atoms with van der Waals surface area (Å²) in [5.74, 6) is -0.201. The van der Waals surface area contributed by atoms with Crippen LogP contribution in [0.2, 0.25) is 0 Å². The molecule has 0 aromatic heterocycles. The molecule has 0 fully saturated rings. The molecule has 0 saturated heterocycles. The van der Waals surface area contributed by atoms with Crippen molar-refractivity contribution in [1.82, 2.24) is 5.32 Å². The van der Waals surface area contributed by atoms with Crippen molar-refractivity contribution in [2.45, 2.75) is 353 Å². The molecule has 0 radical (unpaired) electrons.